The van der Waals surface area contributed by atoms with E-state index in [9.17, 15) is 28.0 Å². The molecule has 3 fully saturated rings. The summed E-state index contributed by atoms with van der Waals surface area (Å²) in [7, 11) is 0. The van der Waals surface area contributed by atoms with Crippen molar-refractivity contribution in [3.05, 3.63) is 11.1 Å². The molecule has 0 unspecified atom stereocenters. The molecule has 2 atom stereocenters. The Morgan fingerprint density at radius 2 is 1.81 bits per heavy atom. The van der Waals surface area contributed by atoms with E-state index < -0.39 is 29.2 Å². The van der Waals surface area contributed by atoms with E-state index in [1.165, 1.54) is 0 Å². The standard InChI is InChI=1S/C20H24F3N5O2S/c21-20(22,23)15-11-31-18(25-15)28-9-7-27(8-10-28)17(30)14-4-2-1-3-13(14)16(29)26-19(12-24)5-6-19/h11,13-14H,1-10H2,(H,26,29)/t13-,14-/m1/s1. The molecule has 2 heterocycles. The van der Waals surface area contributed by atoms with Gasteiger partial charge in [0.2, 0.25) is 11.8 Å². The third-order valence-corrected chi connectivity index (χ3v) is 7.29. The van der Waals surface area contributed by atoms with Gasteiger partial charge in [0.25, 0.3) is 0 Å². The smallest absolute Gasteiger partial charge is 0.345 e. The Morgan fingerprint density at radius 3 is 2.35 bits per heavy atom. The summed E-state index contributed by atoms with van der Waals surface area (Å²) in [6, 6.07) is 2.15. The summed E-state index contributed by atoms with van der Waals surface area (Å²) in [6.45, 7) is 1.56. The maximum absolute atomic E-state index is 13.2. The lowest BCUT2D eigenvalue weighted by Gasteiger charge is -2.39. The number of hydrogen-bond acceptors (Lipinski definition) is 6. The van der Waals surface area contributed by atoms with Gasteiger partial charge in [-0.2, -0.15) is 18.4 Å². The van der Waals surface area contributed by atoms with Crippen LogP contribution < -0.4 is 10.2 Å². The second kappa shape index (κ2) is 8.30. The van der Waals surface area contributed by atoms with Crippen molar-refractivity contribution in [3.63, 3.8) is 0 Å². The summed E-state index contributed by atoms with van der Waals surface area (Å²) < 4.78 is 38.4. The molecule has 4 rings (SSSR count). The van der Waals surface area contributed by atoms with Crippen molar-refractivity contribution in [1.82, 2.24) is 15.2 Å². The Balaban J connectivity index is 1.36. The molecule has 31 heavy (non-hydrogen) atoms. The highest BCUT2D eigenvalue weighted by Crippen LogP contribution is 2.38. The highest BCUT2D eigenvalue weighted by atomic mass is 32.1. The second-order valence-electron chi connectivity index (χ2n) is 8.51. The zero-order chi connectivity index (χ0) is 22.2. The number of aromatic nitrogens is 1. The lowest BCUT2D eigenvalue weighted by molar-refractivity contribution is -0.144. The van der Waals surface area contributed by atoms with Crippen molar-refractivity contribution < 1.29 is 22.8 Å². The second-order valence-corrected chi connectivity index (χ2v) is 9.34. The molecular formula is C20H24F3N5O2S. The number of nitrogens with zero attached hydrogens (tertiary/aromatic N) is 4. The number of amides is 2. The molecule has 11 heteroatoms. The van der Waals surface area contributed by atoms with Crippen LogP contribution in [-0.2, 0) is 15.8 Å². The van der Waals surface area contributed by atoms with Crippen molar-refractivity contribution in [3.8, 4) is 6.07 Å². The van der Waals surface area contributed by atoms with E-state index in [0.29, 0.717) is 57.0 Å². The Hall–Kier alpha value is -2.35. The number of hydrogen-bond donors (Lipinski definition) is 1. The minimum atomic E-state index is -4.46. The van der Waals surface area contributed by atoms with E-state index in [4.69, 9.17) is 0 Å². The number of nitrogens with one attached hydrogen (secondary N) is 1. The first kappa shape index (κ1) is 21.9. The predicted octanol–water partition coefficient (Wildman–Crippen LogP) is 2.79. The number of carbonyl (C=O) groups is 2. The third kappa shape index (κ3) is 4.63. The Kier molecular flexibility index (Phi) is 5.85. The first-order valence-corrected chi connectivity index (χ1v) is 11.4. The van der Waals surface area contributed by atoms with Crippen molar-refractivity contribution in [2.75, 3.05) is 31.1 Å². The lowest BCUT2D eigenvalue weighted by atomic mass is 9.77. The average Bonchev–Trinajstić information content (AvgIpc) is 3.34. The van der Waals surface area contributed by atoms with Gasteiger partial charge in [-0.1, -0.05) is 12.8 Å². The molecule has 168 valence electrons. The van der Waals surface area contributed by atoms with Crippen LogP contribution in [0.25, 0.3) is 0 Å². The van der Waals surface area contributed by atoms with Gasteiger partial charge in [-0.05, 0) is 25.7 Å². The molecule has 1 aromatic rings. The average molecular weight is 456 g/mol. The molecule has 1 aliphatic heterocycles. The highest BCUT2D eigenvalue weighted by molar-refractivity contribution is 7.13. The number of rotatable bonds is 4. The van der Waals surface area contributed by atoms with Gasteiger partial charge in [0.15, 0.2) is 10.8 Å². The number of anilines is 1. The van der Waals surface area contributed by atoms with Crippen molar-refractivity contribution in [2.45, 2.75) is 50.2 Å². The fourth-order valence-electron chi connectivity index (χ4n) is 4.35. The number of halogens is 3. The van der Waals surface area contributed by atoms with Crippen molar-refractivity contribution >= 4 is 28.3 Å². The summed E-state index contributed by atoms with van der Waals surface area (Å²) in [6.07, 6.45) is -0.150. The van der Waals surface area contributed by atoms with Gasteiger partial charge >= 0.3 is 6.18 Å². The topological polar surface area (TPSA) is 89.3 Å². The summed E-state index contributed by atoms with van der Waals surface area (Å²) in [5, 5.41) is 13.4. The molecule has 3 aliphatic rings. The number of carbonyl (C=O) groups excluding carboxylic acids is 2. The summed E-state index contributed by atoms with van der Waals surface area (Å²) in [5.74, 6) is -1.13. The van der Waals surface area contributed by atoms with Crippen LogP contribution in [0.1, 0.15) is 44.2 Å². The predicted molar refractivity (Wildman–Crippen MR) is 107 cm³/mol. The minimum Gasteiger partial charge on any atom is -0.345 e. The molecule has 0 radical (unpaired) electrons. The third-order valence-electron chi connectivity index (χ3n) is 6.39. The molecule has 1 aromatic heterocycles. The van der Waals surface area contributed by atoms with Gasteiger partial charge in [-0.3, -0.25) is 9.59 Å². The molecule has 2 aliphatic carbocycles. The van der Waals surface area contributed by atoms with Gasteiger partial charge in [-0.15, -0.1) is 11.3 Å². The van der Waals surface area contributed by atoms with Gasteiger partial charge in [0.05, 0.1) is 6.07 Å². The summed E-state index contributed by atoms with van der Waals surface area (Å²) >= 11 is 0.950. The summed E-state index contributed by atoms with van der Waals surface area (Å²) in [4.78, 5) is 33.1. The molecule has 0 bridgehead atoms. The van der Waals surface area contributed by atoms with Crippen LogP contribution in [0, 0.1) is 23.2 Å². The van der Waals surface area contributed by atoms with Crippen molar-refractivity contribution in [2.24, 2.45) is 11.8 Å². The van der Waals surface area contributed by atoms with E-state index in [-0.39, 0.29) is 11.8 Å². The zero-order valence-corrected chi connectivity index (χ0v) is 17.8. The van der Waals surface area contributed by atoms with Crippen LogP contribution in [0.4, 0.5) is 18.3 Å². The number of piperazine rings is 1. The summed E-state index contributed by atoms with van der Waals surface area (Å²) in [5.41, 5.74) is -1.65. The fraction of sp³-hybridized carbons (Fsp3) is 0.700. The normalized spacial score (nSPS) is 25.6. The van der Waals surface area contributed by atoms with Crippen LogP contribution in [0.3, 0.4) is 0 Å². The Labute approximate surface area is 182 Å². The van der Waals surface area contributed by atoms with E-state index >= 15 is 0 Å². The molecule has 2 amide bonds. The van der Waals surface area contributed by atoms with Gasteiger partial charge in [0, 0.05) is 43.4 Å². The molecule has 1 saturated heterocycles. The van der Waals surface area contributed by atoms with Gasteiger partial charge < -0.3 is 15.1 Å². The highest BCUT2D eigenvalue weighted by Gasteiger charge is 2.47. The lowest BCUT2D eigenvalue weighted by Crippen LogP contribution is -2.53. The fourth-order valence-corrected chi connectivity index (χ4v) is 5.24. The first-order valence-electron chi connectivity index (χ1n) is 10.5. The molecule has 2 saturated carbocycles. The Bertz CT molecular complexity index is 884. The zero-order valence-electron chi connectivity index (χ0n) is 17.0. The van der Waals surface area contributed by atoms with E-state index in [2.05, 4.69) is 16.4 Å². The molecule has 0 spiro atoms. The van der Waals surface area contributed by atoms with Crippen LogP contribution >= 0.6 is 11.3 Å². The first-order chi connectivity index (χ1) is 14.7. The SMILES string of the molecule is N#CC1(NC(=O)[C@@H]2CCCC[C@H]2C(=O)N2CCN(c3nc(C(F)(F)F)cs3)CC2)CC1. The number of alkyl halides is 3. The number of thiazole rings is 1. The molecule has 7 nitrogen and oxygen atoms in total. The van der Waals surface area contributed by atoms with E-state index in [1.54, 1.807) is 9.80 Å². The number of nitriles is 1. The molecule has 1 N–H and O–H groups in total. The van der Waals surface area contributed by atoms with E-state index in [0.717, 1.165) is 29.6 Å². The maximum atomic E-state index is 13.2. The van der Waals surface area contributed by atoms with Gasteiger partial charge in [0.1, 0.15) is 5.54 Å². The largest absolute Gasteiger partial charge is 0.434 e. The minimum absolute atomic E-state index is 0.0728. The van der Waals surface area contributed by atoms with Crippen LogP contribution in [0.15, 0.2) is 5.38 Å². The van der Waals surface area contributed by atoms with Crippen LogP contribution in [-0.4, -0.2) is 53.4 Å². The van der Waals surface area contributed by atoms with Gasteiger partial charge in [-0.25, -0.2) is 4.98 Å². The van der Waals surface area contributed by atoms with Crippen LogP contribution in [0.5, 0.6) is 0 Å². The van der Waals surface area contributed by atoms with Crippen molar-refractivity contribution in [1.29, 1.82) is 5.26 Å². The van der Waals surface area contributed by atoms with Crippen LogP contribution in [0.2, 0.25) is 0 Å². The van der Waals surface area contributed by atoms with E-state index in [1.807, 2.05) is 0 Å². The molecule has 0 aromatic carbocycles. The monoisotopic (exact) mass is 455 g/mol. The maximum Gasteiger partial charge on any atom is 0.434 e. The molecular weight excluding hydrogens is 431 g/mol. The quantitative estimate of drug-likeness (QED) is 0.754. The Morgan fingerprint density at radius 1 is 1.16 bits per heavy atom.